The molecular weight excluding hydrogens is 472 g/mol. The predicted molar refractivity (Wildman–Crippen MR) is 125 cm³/mol. The third-order valence-electron chi connectivity index (χ3n) is 6.32. The van der Waals surface area contributed by atoms with Gasteiger partial charge < -0.3 is 18.9 Å². The van der Waals surface area contributed by atoms with E-state index in [1.807, 2.05) is 29.4 Å². The van der Waals surface area contributed by atoms with Gasteiger partial charge in [0.05, 0.1) is 25.6 Å². The molecule has 0 N–H and O–H groups in total. The van der Waals surface area contributed by atoms with Crippen molar-refractivity contribution in [1.29, 1.82) is 0 Å². The summed E-state index contributed by atoms with van der Waals surface area (Å²) in [6, 6.07) is 10.5. The molecule has 1 aliphatic heterocycles. The first kappa shape index (κ1) is 21.2. The molecule has 2 aliphatic rings. The van der Waals surface area contributed by atoms with Gasteiger partial charge in [-0.1, -0.05) is 12.1 Å². The molecule has 7 nitrogen and oxygen atoms in total. The van der Waals surface area contributed by atoms with Gasteiger partial charge >= 0.3 is 0 Å². The van der Waals surface area contributed by atoms with E-state index in [1.165, 1.54) is 18.4 Å². The van der Waals surface area contributed by atoms with Crippen LogP contribution >= 0.6 is 15.9 Å². The second-order valence-electron chi connectivity index (χ2n) is 8.65. The Morgan fingerprint density at radius 3 is 2.78 bits per heavy atom. The van der Waals surface area contributed by atoms with Crippen LogP contribution in [0.4, 0.5) is 0 Å². The van der Waals surface area contributed by atoms with Gasteiger partial charge in [0.1, 0.15) is 15.9 Å². The number of hydrogen-bond donors (Lipinski definition) is 0. The monoisotopic (exact) mass is 498 g/mol. The smallest absolute Gasteiger partial charge is 0.241 e. The molecular formula is C24H27BrN4O3. The average molecular weight is 499 g/mol. The number of likely N-dealkylation sites (tertiary alicyclic amines) is 1. The fourth-order valence-corrected chi connectivity index (χ4v) is 4.75. The van der Waals surface area contributed by atoms with Crippen molar-refractivity contribution in [3.8, 4) is 11.6 Å². The van der Waals surface area contributed by atoms with E-state index in [-0.39, 0.29) is 5.91 Å². The number of benzene rings is 1. The normalized spacial score (nSPS) is 18.5. The van der Waals surface area contributed by atoms with Gasteiger partial charge in [-0.25, -0.2) is 9.97 Å². The van der Waals surface area contributed by atoms with Gasteiger partial charge in [-0.2, -0.15) is 0 Å². The van der Waals surface area contributed by atoms with Gasteiger partial charge in [0.15, 0.2) is 0 Å². The Labute approximate surface area is 195 Å². The Kier molecular flexibility index (Phi) is 6.04. The predicted octanol–water partition coefficient (Wildman–Crippen LogP) is 4.40. The lowest BCUT2D eigenvalue weighted by atomic mass is 10.1. The number of halogens is 1. The summed E-state index contributed by atoms with van der Waals surface area (Å²) in [4.78, 5) is 23.5. The van der Waals surface area contributed by atoms with E-state index in [0.717, 1.165) is 47.3 Å². The quantitative estimate of drug-likeness (QED) is 0.409. The van der Waals surface area contributed by atoms with Crippen molar-refractivity contribution < 1.29 is 14.3 Å². The molecule has 5 rings (SSSR count). The number of fused-ring (bicyclic) bond motifs is 1. The van der Waals surface area contributed by atoms with Crippen LogP contribution in [0, 0.1) is 5.92 Å². The van der Waals surface area contributed by atoms with Crippen LogP contribution < -0.4 is 9.47 Å². The van der Waals surface area contributed by atoms with Crippen LogP contribution in [0.15, 0.2) is 41.3 Å². The van der Waals surface area contributed by atoms with Gasteiger partial charge in [0.2, 0.25) is 11.8 Å². The molecule has 8 heteroatoms. The minimum atomic E-state index is 0.235. The van der Waals surface area contributed by atoms with E-state index in [4.69, 9.17) is 9.47 Å². The topological polar surface area (TPSA) is 69.5 Å². The van der Waals surface area contributed by atoms with Gasteiger partial charge in [0, 0.05) is 25.6 Å². The summed E-state index contributed by atoms with van der Waals surface area (Å²) in [5.74, 6) is 2.02. The summed E-state index contributed by atoms with van der Waals surface area (Å²) in [6.45, 7) is 2.08. The Morgan fingerprint density at radius 1 is 1.22 bits per heavy atom. The minimum Gasteiger partial charge on any atom is -0.497 e. The lowest BCUT2D eigenvalue weighted by molar-refractivity contribution is -0.127. The summed E-state index contributed by atoms with van der Waals surface area (Å²) >= 11 is 3.46. The maximum absolute atomic E-state index is 12.5. The fourth-order valence-electron chi connectivity index (χ4n) is 4.37. The van der Waals surface area contributed by atoms with Crippen LogP contribution in [0.2, 0.25) is 0 Å². The highest BCUT2D eigenvalue weighted by Gasteiger charge is 2.30. The number of aromatic nitrogens is 3. The van der Waals surface area contributed by atoms with Crippen molar-refractivity contribution in [2.45, 2.75) is 38.1 Å². The van der Waals surface area contributed by atoms with Crippen LogP contribution in [-0.2, 0) is 11.2 Å². The van der Waals surface area contributed by atoms with Crippen molar-refractivity contribution in [2.24, 2.45) is 5.92 Å². The van der Waals surface area contributed by atoms with Crippen LogP contribution in [0.5, 0.6) is 11.6 Å². The number of rotatable bonds is 9. The maximum atomic E-state index is 12.5. The molecule has 1 amide bonds. The van der Waals surface area contributed by atoms with E-state index in [1.54, 1.807) is 7.11 Å². The molecule has 0 spiro atoms. The molecule has 1 atom stereocenters. The molecule has 32 heavy (non-hydrogen) atoms. The molecule has 2 aromatic heterocycles. The van der Waals surface area contributed by atoms with Crippen LogP contribution in [0.3, 0.4) is 0 Å². The van der Waals surface area contributed by atoms with Crippen LogP contribution in [0.1, 0.15) is 37.3 Å². The zero-order chi connectivity index (χ0) is 22.1. The second-order valence-corrected chi connectivity index (χ2v) is 9.46. The molecule has 168 valence electrons. The van der Waals surface area contributed by atoms with Gasteiger partial charge in [-0.05, 0) is 71.3 Å². The highest BCUT2D eigenvalue weighted by molar-refractivity contribution is 9.10. The summed E-state index contributed by atoms with van der Waals surface area (Å²) < 4.78 is 14.2. The molecule has 2 fully saturated rings. The Hall–Kier alpha value is -2.61. The highest BCUT2D eigenvalue weighted by atomic mass is 79.9. The zero-order valence-corrected chi connectivity index (χ0v) is 19.8. The van der Waals surface area contributed by atoms with E-state index in [2.05, 4.69) is 42.6 Å². The Balaban J connectivity index is 1.15. The molecule has 3 aromatic rings. The molecule has 0 bridgehead atoms. The first-order chi connectivity index (χ1) is 15.6. The molecule has 0 unspecified atom stereocenters. The van der Waals surface area contributed by atoms with Crippen molar-refractivity contribution in [1.82, 2.24) is 19.4 Å². The Bertz CT molecular complexity index is 1110. The lowest BCUT2D eigenvalue weighted by Gasteiger charge is -2.17. The molecule has 3 heterocycles. The standard InChI is InChI=1S/C24H27BrN4O3/c1-31-19-6-2-16(3-7-19)8-10-28-14-17(12-22(28)30)9-11-32-24-23-20(13-21(25)27-24)26-15-29(23)18-4-5-18/h2-3,6-7,13,15,17-18H,4-5,8-12,14H2,1H3/t17-/m1/s1. The van der Waals surface area contributed by atoms with E-state index < -0.39 is 0 Å². The summed E-state index contributed by atoms with van der Waals surface area (Å²) in [7, 11) is 1.67. The SMILES string of the molecule is COc1ccc(CCN2C[C@H](CCOc3nc(Br)cc4ncn(C5CC5)c34)CC2=O)cc1. The first-order valence-corrected chi connectivity index (χ1v) is 12.0. The number of methoxy groups -OCH3 is 1. The third kappa shape index (κ3) is 4.60. The molecule has 1 aromatic carbocycles. The van der Waals surface area contributed by atoms with Crippen LogP contribution in [0.25, 0.3) is 11.0 Å². The number of amides is 1. The van der Waals surface area contributed by atoms with Gasteiger partial charge in [-0.3, -0.25) is 4.79 Å². The minimum absolute atomic E-state index is 0.235. The first-order valence-electron chi connectivity index (χ1n) is 11.2. The third-order valence-corrected chi connectivity index (χ3v) is 6.72. The lowest BCUT2D eigenvalue weighted by Crippen LogP contribution is -2.27. The number of carbonyl (C=O) groups is 1. The van der Waals surface area contributed by atoms with E-state index >= 15 is 0 Å². The number of carbonyl (C=O) groups excluding carboxylic acids is 1. The summed E-state index contributed by atoms with van der Waals surface area (Å²) in [6.07, 6.45) is 6.52. The van der Waals surface area contributed by atoms with Crippen molar-refractivity contribution in [3.63, 3.8) is 0 Å². The number of nitrogens with zero attached hydrogens (tertiary/aromatic N) is 4. The number of imidazole rings is 1. The Morgan fingerprint density at radius 2 is 2.03 bits per heavy atom. The highest BCUT2D eigenvalue weighted by Crippen LogP contribution is 2.39. The fraction of sp³-hybridized carbons (Fsp3) is 0.458. The summed E-state index contributed by atoms with van der Waals surface area (Å²) in [5.41, 5.74) is 3.08. The number of ether oxygens (including phenoxy) is 2. The maximum Gasteiger partial charge on any atom is 0.241 e. The molecule has 1 aliphatic carbocycles. The van der Waals surface area contributed by atoms with E-state index in [9.17, 15) is 4.79 Å². The van der Waals surface area contributed by atoms with Gasteiger partial charge in [-0.15, -0.1) is 0 Å². The van der Waals surface area contributed by atoms with Crippen molar-refractivity contribution >= 4 is 32.9 Å². The molecule has 0 radical (unpaired) electrons. The largest absolute Gasteiger partial charge is 0.497 e. The molecule has 1 saturated heterocycles. The van der Waals surface area contributed by atoms with Gasteiger partial charge in [0.25, 0.3) is 0 Å². The van der Waals surface area contributed by atoms with E-state index in [0.29, 0.717) is 30.9 Å². The number of hydrogen-bond acceptors (Lipinski definition) is 5. The summed E-state index contributed by atoms with van der Waals surface area (Å²) in [5, 5.41) is 0. The average Bonchev–Trinajstić information content (AvgIpc) is 3.45. The van der Waals surface area contributed by atoms with Crippen molar-refractivity contribution in [2.75, 3.05) is 26.8 Å². The second kappa shape index (κ2) is 9.10. The van der Waals surface area contributed by atoms with Crippen LogP contribution in [-0.4, -0.2) is 52.1 Å². The zero-order valence-electron chi connectivity index (χ0n) is 18.2. The molecule has 1 saturated carbocycles. The number of pyridine rings is 1. The van der Waals surface area contributed by atoms with Crippen molar-refractivity contribution in [3.05, 3.63) is 46.8 Å².